The molecule has 10 heteroatoms. The molecule has 0 spiro atoms. The van der Waals surface area contributed by atoms with Crippen LogP contribution >= 0.6 is 19.7 Å². The van der Waals surface area contributed by atoms with Gasteiger partial charge in [0.15, 0.2) is 11.5 Å². The van der Waals surface area contributed by atoms with Crippen molar-refractivity contribution in [1.29, 1.82) is 0 Å². The standard InChI is InChI=1S/C25H22ClFNO5PS/c1-15-12-16(2)14-17(13-15)34(33-4)24-21-20(11-10-19(26)22(21)27)28(23(24)25(29)32-3)35(30,31)18-8-6-5-7-9-18/h5-14H,1-4H3. The number of benzene rings is 3. The number of nitrogens with zero attached hydrogens (tertiary/aromatic N) is 1. The van der Waals surface area contributed by atoms with Crippen molar-refractivity contribution in [2.24, 2.45) is 0 Å². The summed E-state index contributed by atoms with van der Waals surface area (Å²) in [5.74, 6) is -1.79. The number of rotatable bonds is 6. The second kappa shape index (κ2) is 9.70. The molecule has 0 N–H and O–H groups in total. The molecule has 0 aliphatic heterocycles. The molecule has 4 aromatic rings. The van der Waals surface area contributed by atoms with Crippen LogP contribution in [0.15, 0.2) is 65.6 Å². The lowest BCUT2D eigenvalue weighted by Crippen LogP contribution is -2.26. The van der Waals surface area contributed by atoms with Crippen LogP contribution in [0.5, 0.6) is 0 Å². The molecule has 0 amide bonds. The van der Waals surface area contributed by atoms with E-state index in [2.05, 4.69) is 0 Å². The number of ether oxygens (including phenoxy) is 1. The number of hydrogen-bond donors (Lipinski definition) is 0. The maximum Gasteiger partial charge on any atom is 0.356 e. The summed E-state index contributed by atoms with van der Waals surface area (Å²) in [6.07, 6.45) is 0. The highest BCUT2D eigenvalue weighted by Gasteiger charge is 2.37. The second-order valence-corrected chi connectivity index (χ2v) is 12.0. The Hall–Kier alpha value is -2.77. The number of hydrogen-bond acceptors (Lipinski definition) is 5. The molecule has 182 valence electrons. The van der Waals surface area contributed by atoms with E-state index in [1.807, 2.05) is 32.0 Å². The molecule has 0 aliphatic rings. The zero-order chi connectivity index (χ0) is 25.5. The Balaban J connectivity index is 2.21. The van der Waals surface area contributed by atoms with Crippen LogP contribution < -0.4 is 10.6 Å². The number of aryl methyl sites for hydroxylation is 2. The van der Waals surface area contributed by atoms with Gasteiger partial charge in [-0.15, -0.1) is 0 Å². The van der Waals surface area contributed by atoms with E-state index in [-0.39, 0.29) is 31.8 Å². The molecular weight excluding hydrogens is 512 g/mol. The van der Waals surface area contributed by atoms with Gasteiger partial charge in [-0.2, -0.15) is 0 Å². The Morgan fingerprint density at radius 1 is 1.00 bits per heavy atom. The van der Waals surface area contributed by atoms with Crippen molar-refractivity contribution in [2.45, 2.75) is 18.7 Å². The first-order valence-corrected chi connectivity index (χ1v) is 13.5. The van der Waals surface area contributed by atoms with Crippen LogP contribution in [0, 0.1) is 19.7 Å². The average Bonchev–Trinajstić information content (AvgIpc) is 3.18. The van der Waals surface area contributed by atoms with E-state index >= 15 is 4.39 Å². The van der Waals surface area contributed by atoms with Crippen LogP contribution in [0.1, 0.15) is 21.6 Å². The third-order valence-corrected chi connectivity index (χ3v) is 9.40. The second-order valence-electron chi connectivity index (χ2n) is 7.85. The summed E-state index contributed by atoms with van der Waals surface area (Å²) < 4.78 is 55.0. The fraction of sp³-hybridized carbons (Fsp3) is 0.160. The van der Waals surface area contributed by atoms with Gasteiger partial charge in [0.2, 0.25) is 0 Å². The quantitative estimate of drug-likeness (QED) is 0.256. The maximum absolute atomic E-state index is 15.6. The fourth-order valence-electron chi connectivity index (χ4n) is 4.09. The molecule has 0 aliphatic carbocycles. The smallest absolute Gasteiger partial charge is 0.356 e. The van der Waals surface area contributed by atoms with Crippen molar-refractivity contribution in [3.8, 4) is 0 Å². The zero-order valence-electron chi connectivity index (χ0n) is 19.4. The molecule has 6 nitrogen and oxygen atoms in total. The topological polar surface area (TPSA) is 74.6 Å². The lowest BCUT2D eigenvalue weighted by Gasteiger charge is -2.19. The predicted molar refractivity (Wildman–Crippen MR) is 136 cm³/mol. The third kappa shape index (κ3) is 4.36. The van der Waals surface area contributed by atoms with E-state index in [0.29, 0.717) is 5.30 Å². The minimum atomic E-state index is -4.34. The molecule has 0 saturated heterocycles. The Morgan fingerprint density at radius 3 is 2.20 bits per heavy atom. The van der Waals surface area contributed by atoms with Gasteiger partial charge in [-0.25, -0.2) is 21.6 Å². The van der Waals surface area contributed by atoms with E-state index in [1.165, 1.54) is 31.4 Å². The zero-order valence-corrected chi connectivity index (χ0v) is 21.8. The number of fused-ring (bicyclic) bond motifs is 1. The highest BCUT2D eigenvalue weighted by Crippen LogP contribution is 2.42. The van der Waals surface area contributed by atoms with Gasteiger partial charge in [-0.05, 0) is 50.2 Å². The predicted octanol–water partition coefficient (Wildman–Crippen LogP) is 5.07. The Kier molecular flexibility index (Phi) is 7.02. The van der Waals surface area contributed by atoms with Crippen LogP contribution in [0.3, 0.4) is 0 Å². The number of carbonyl (C=O) groups excluding carboxylic acids is 1. The summed E-state index contributed by atoms with van der Waals surface area (Å²) in [4.78, 5) is 13.1. The Morgan fingerprint density at radius 2 is 1.63 bits per heavy atom. The summed E-state index contributed by atoms with van der Waals surface area (Å²) in [7, 11) is -3.62. The Bertz CT molecular complexity index is 1530. The molecule has 1 aromatic heterocycles. The minimum Gasteiger partial charge on any atom is -0.464 e. The Labute approximate surface area is 209 Å². The van der Waals surface area contributed by atoms with Gasteiger partial charge in [-0.3, -0.25) is 0 Å². The molecule has 0 saturated carbocycles. The first kappa shape index (κ1) is 25.3. The average molecular weight is 534 g/mol. The van der Waals surface area contributed by atoms with Gasteiger partial charge < -0.3 is 9.26 Å². The molecule has 1 unspecified atom stereocenters. The first-order chi connectivity index (χ1) is 16.6. The van der Waals surface area contributed by atoms with Crippen molar-refractivity contribution in [1.82, 2.24) is 3.97 Å². The molecular formula is C25H22ClFNO5PS. The van der Waals surface area contributed by atoms with E-state index < -0.39 is 30.0 Å². The van der Waals surface area contributed by atoms with Crippen molar-refractivity contribution in [3.05, 3.63) is 88.3 Å². The van der Waals surface area contributed by atoms with Crippen LogP contribution in [0.2, 0.25) is 5.02 Å². The van der Waals surface area contributed by atoms with Gasteiger partial charge in [0.1, 0.15) is 0 Å². The minimum absolute atomic E-state index is 0.0416. The molecule has 35 heavy (non-hydrogen) atoms. The van der Waals surface area contributed by atoms with Crippen LogP contribution in [0.4, 0.5) is 4.39 Å². The lowest BCUT2D eigenvalue weighted by atomic mass is 10.2. The van der Waals surface area contributed by atoms with Crippen molar-refractivity contribution in [3.63, 3.8) is 0 Å². The number of esters is 1. The number of methoxy groups -OCH3 is 1. The van der Waals surface area contributed by atoms with Gasteiger partial charge in [0.05, 0.1) is 36.0 Å². The molecule has 4 rings (SSSR count). The maximum atomic E-state index is 15.6. The van der Waals surface area contributed by atoms with Crippen molar-refractivity contribution >= 4 is 57.3 Å². The molecule has 0 bridgehead atoms. The van der Waals surface area contributed by atoms with Gasteiger partial charge in [0.25, 0.3) is 10.0 Å². The fourth-order valence-corrected chi connectivity index (χ4v) is 7.93. The van der Waals surface area contributed by atoms with Crippen LogP contribution in [0.25, 0.3) is 10.9 Å². The summed E-state index contributed by atoms with van der Waals surface area (Å²) in [6, 6.07) is 15.9. The highest BCUT2D eigenvalue weighted by atomic mass is 35.5. The lowest BCUT2D eigenvalue weighted by molar-refractivity contribution is 0.0594. The van der Waals surface area contributed by atoms with Gasteiger partial charge in [-0.1, -0.05) is 47.0 Å². The third-order valence-electron chi connectivity index (χ3n) is 5.44. The molecule has 0 radical (unpaired) electrons. The van der Waals surface area contributed by atoms with Crippen molar-refractivity contribution < 1.29 is 26.9 Å². The van der Waals surface area contributed by atoms with E-state index in [4.69, 9.17) is 20.9 Å². The number of carbonyl (C=O) groups is 1. The summed E-state index contributed by atoms with van der Waals surface area (Å²) >= 11 is 6.13. The van der Waals surface area contributed by atoms with Crippen molar-refractivity contribution in [2.75, 3.05) is 14.2 Å². The van der Waals surface area contributed by atoms with Gasteiger partial charge in [0, 0.05) is 17.8 Å². The summed E-state index contributed by atoms with van der Waals surface area (Å²) in [6.45, 7) is 3.81. The molecule has 1 heterocycles. The van der Waals surface area contributed by atoms with Gasteiger partial charge >= 0.3 is 5.97 Å². The monoisotopic (exact) mass is 533 g/mol. The molecule has 3 aromatic carbocycles. The number of halogens is 2. The van der Waals surface area contributed by atoms with E-state index in [9.17, 15) is 13.2 Å². The highest BCUT2D eigenvalue weighted by molar-refractivity contribution is 7.90. The normalized spacial score (nSPS) is 12.6. The van der Waals surface area contributed by atoms with Crippen LogP contribution in [-0.4, -0.2) is 32.6 Å². The van der Waals surface area contributed by atoms with Crippen LogP contribution in [-0.2, 0) is 19.3 Å². The summed E-state index contributed by atoms with van der Waals surface area (Å²) in [5, 5.41) is 0.440. The van der Waals surface area contributed by atoms with E-state index in [1.54, 1.807) is 18.2 Å². The molecule has 1 atom stereocenters. The SMILES string of the molecule is COC(=O)c1c(P(OC)c2cc(C)cc(C)c2)c2c(F)c(Cl)ccc2n1S(=O)(=O)c1ccccc1. The molecule has 0 fully saturated rings. The number of aromatic nitrogens is 1. The first-order valence-electron chi connectivity index (χ1n) is 10.5. The summed E-state index contributed by atoms with van der Waals surface area (Å²) in [5.41, 5.74) is 1.49. The largest absolute Gasteiger partial charge is 0.464 e. The van der Waals surface area contributed by atoms with E-state index in [0.717, 1.165) is 22.2 Å².